The summed E-state index contributed by atoms with van der Waals surface area (Å²) in [5.74, 6) is -0.221. The molecule has 2 rings (SSSR count). The first-order valence-electron chi connectivity index (χ1n) is 4.77. The maximum atomic E-state index is 11.4. The van der Waals surface area contributed by atoms with Gasteiger partial charge in [0.1, 0.15) is 5.70 Å². The number of amides is 1. The zero-order valence-electron chi connectivity index (χ0n) is 8.35. The largest absolute Gasteiger partial charge is 0.477 e. The molecule has 1 unspecified atom stereocenters. The van der Waals surface area contributed by atoms with Crippen LogP contribution in [-0.4, -0.2) is 38.9 Å². The van der Waals surface area contributed by atoms with Crippen LogP contribution < -0.4 is 0 Å². The standard InChI is InChI=1S/C10H10ClNO3S/c11-3-1-2-6-5-16-8-4-7(13)12(8)9(6)10(14)15/h1-2,8H,3-5H2,(H,14,15). The molecule has 0 spiro atoms. The van der Waals surface area contributed by atoms with E-state index in [4.69, 9.17) is 16.7 Å². The third-order valence-corrected chi connectivity index (χ3v) is 3.91. The highest BCUT2D eigenvalue weighted by Crippen LogP contribution is 2.40. The van der Waals surface area contributed by atoms with E-state index >= 15 is 0 Å². The number of rotatable bonds is 3. The maximum absolute atomic E-state index is 11.4. The van der Waals surface area contributed by atoms with Crippen LogP contribution in [0, 0.1) is 0 Å². The molecule has 4 nitrogen and oxygen atoms in total. The number of nitrogens with zero attached hydrogens (tertiary/aromatic N) is 1. The Balaban J connectivity index is 2.35. The summed E-state index contributed by atoms with van der Waals surface area (Å²) in [5.41, 5.74) is 0.767. The summed E-state index contributed by atoms with van der Waals surface area (Å²) >= 11 is 7.10. The molecule has 0 aromatic carbocycles. The van der Waals surface area contributed by atoms with Crippen molar-refractivity contribution >= 4 is 35.2 Å². The number of fused-ring (bicyclic) bond motifs is 1. The van der Waals surface area contributed by atoms with Crippen LogP contribution in [0.15, 0.2) is 23.4 Å². The third kappa shape index (κ3) is 1.85. The number of allylic oxidation sites excluding steroid dienone is 2. The summed E-state index contributed by atoms with van der Waals surface area (Å²) in [6, 6.07) is 0. The van der Waals surface area contributed by atoms with Gasteiger partial charge in [0.05, 0.1) is 11.8 Å². The van der Waals surface area contributed by atoms with E-state index in [0.29, 0.717) is 23.6 Å². The van der Waals surface area contributed by atoms with Gasteiger partial charge in [0.25, 0.3) is 0 Å². The number of carbonyl (C=O) groups is 2. The molecule has 0 saturated carbocycles. The molecule has 0 bridgehead atoms. The molecule has 1 N–H and O–H groups in total. The molecule has 0 aliphatic carbocycles. The Morgan fingerprint density at radius 1 is 1.69 bits per heavy atom. The van der Waals surface area contributed by atoms with Crippen molar-refractivity contribution in [3.05, 3.63) is 23.4 Å². The van der Waals surface area contributed by atoms with E-state index in [1.807, 2.05) is 0 Å². The molecule has 1 fully saturated rings. The molecule has 16 heavy (non-hydrogen) atoms. The van der Waals surface area contributed by atoms with Gasteiger partial charge in [-0.3, -0.25) is 9.69 Å². The minimum Gasteiger partial charge on any atom is -0.477 e. The van der Waals surface area contributed by atoms with Gasteiger partial charge in [0.15, 0.2) is 0 Å². The fraction of sp³-hybridized carbons (Fsp3) is 0.400. The Hall–Kier alpha value is -0.940. The van der Waals surface area contributed by atoms with Crippen LogP contribution in [0.1, 0.15) is 6.42 Å². The Bertz CT molecular complexity index is 405. The molecule has 86 valence electrons. The number of β-lactam (4-membered cyclic amide) rings is 1. The molecule has 2 aliphatic heterocycles. The SMILES string of the molecule is O=C(O)C1=C(C=CCCl)CSC2CC(=O)N12. The Kier molecular flexibility index (Phi) is 3.25. The van der Waals surface area contributed by atoms with Gasteiger partial charge in [-0.05, 0) is 5.57 Å². The lowest BCUT2D eigenvalue weighted by atomic mass is 10.1. The molecule has 2 aliphatic rings. The van der Waals surface area contributed by atoms with Crippen molar-refractivity contribution in [1.29, 1.82) is 0 Å². The zero-order chi connectivity index (χ0) is 11.7. The van der Waals surface area contributed by atoms with Crippen LogP contribution in [0.2, 0.25) is 0 Å². The van der Waals surface area contributed by atoms with Crippen molar-refractivity contribution < 1.29 is 14.7 Å². The Morgan fingerprint density at radius 2 is 2.44 bits per heavy atom. The highest BCUT2D eigenvalue weighted by molar-refractivity contribution is 8.00. The highest BCUT2D eigenvalue weighted by atomic mass is 35.5. The molecule has 0 aromatic heterocycles. The molecule has 2 heterocycles. The van der Waals surface area contributed by atoms with Gasteiger partial charge < -0.3 is 5.11 Å². The molecular formula is C10H10ClNO3S. The van der Waals surface area contributed by atoms with Gasteiger partial charge in [-0.1, -0.05) is 12.2 Å². The van der Waals surface area contributed by atoms with Gasteiger partial charge in [-0.2, -0.15) is 0 Å². The average molecular weight is 260 g/mol. The quantitative estimate of drug-likeness (QED) is 0.615. The number of carboxylic acids is 1. The summed E-state index contributed by atoms with van der Waals surface area (Å²) in [6.45, 7) is 0. The molecule has 1 saturated heterocycles. The average Bonchev–Trinajstić information content (AvgIpc) is 2.24. The summed E-state index contributed by atoms with van der Waals surface area (Å²) in [4.78, 5) is 23.9. The monoisotopic (exact) mass is 259 g/mol. The first-order chi connectivity index (χ1) is 7.65. The van der Waals surface area contributed by atoms with Crippen molar-refractivity contribution in [2.45, 2.75) is 11.8 Å². The summed E-state index contributed by atoms with van der Waals surface area (Å²) < 4.78 is 0. The van der Waals surface area contributed by atoms with Crippen molar-refractivity contribution in [3.8, 4) is 0 Å². The van der Waals surface area contributed by atoms with E-state index in [2.05, 4.69) is 0 Å². The lowest BCUT2D eigenvalue weighted by molar-refractivity contribution is -0.146. The van der Waals surface area contributed by atoms with Gasteiger partial charge in [-0.15, -0.1) is 23.4 Å². The predicted molar refractivity (Wildman–Crippen MR) is 62.2 cm³/mol. The van der Waals surface area contributed by atoms with Crippen molar-refractivity contribution in [2.24, 2.45) is 0 Å². The summed E-state index contributed by atoms with van der Waals surface area (Å²) in [7, 11) is 0. The topological polar surface area (TPSA) is 57.6 Å². The summed E-state index contributed by atoms with van der Waals surface area (Å²) in [6.07, 6.45) is 3.81. The zero-order valence-corrected chi connectivity index (χ0v) is 9.92. The van der Waals surface area contributed by atoms with Gasteiger partial charge in [0, 0.05) is 11.6 Å². The van der Waals surface area contributed by atoms with E-state index in [9.17, 15) is 9.59 Å². The highest BCUT2D eigenvalue weighted by Gasteiger charge is 2.44. The number of carboxylic acid groups (broad SMARTS) is 1. The smallest absolute Gasteiger partial charge is 0.352 e. The van der Waals surface area contributed by atoms with Gasteiger partial charge in [-0.25, -0.2) is 4.79 Å². The maximum Gasteiger partial charge on any atom is 0.352 e. The van der Waals surface area contributed by atoms with E-state index in [0.717, 1.165) is 0 Å². The van der Waals surface area contributed by atoms with E-state index in [1.54, 1.807) is 23.9 Å². The van der Waals surface area contributed by atoms with E-state index < -0.39 is 5.97 Å². The number of aliphatic carboxylic acids is 1. The molecule has 1 amide bonds. The number of hydrogen-bond acceptors (Lipinski definition) is 3. The number of halogens is 1. The molecular weight excluding hydrogens is 250 g/mol. The van der Waals surface area contributed by atoms with Crippen LogP contribution in [0.25, 0.3) is 0 Å². The fourth-order valence-electron chi connectivity index (χ4n) is 1.75. The number of carbonyl (C=O) groups excluding carboxylic acids is 1. The van der Waals surface area contributed by atoms with Gasteiger partial charge >= 0.3 is 5.97 Å². The number of thioether (sulfide) groups is 1. The molecule has 0 aromatic rings. The van der Waals surface area contributed by atoms with E-state index in [-0.39, 0.29) is 17.0 Å². The van der Waals surface area contributed by atoms with Crippen LogP contribution in [0.3, 0.4) is 0 Å². The third-order valence-electron chi connectivity index (χ3n) is 2.49. The first-order valence-corrected chi connectivity index (χ1v) is 6.36. The predicted octanol–water partition coefficient (Wildman–Crippen LogP) is 1.43. The second-order valence-electron chi connectivity index (χ2n) is 3.47. The second kappa shape index (κ2) is 4.51. The molecule has 1 atom stereocenters. The lowest BCUT2D eigenvalue weighted by Crippen LogP contribution is -2.53. The van der Waals surface area contributed by atoms with Crippen molar-refractivity contribution in [1.82, 2.24) is 4.90 Å². The Labute approximate surface area is 102 Å². The first kappa shape index (κ1) is 11.5. The molecule has 0 radical (unpaired) electrons. The minimum atomic E-state index is -1.05. The van der Waals surface area contributed by atoms with Crippen LogP contribution in [0.5, 0.6) is 0 Å². The number of alkyl halides is 1. The molecule has 6 heteroatoms. The van der Waals surface area contributed by atoms with Crippen LogP contribution in [0.4, 0.5) is 0 Å². The van der Waals surface area contributed by atoms with Crippen LogP contribution >= 0.6 is 23.4 Å². The van der Waals surface area contributed by atoms with Crippen molar-refractivity contribution in [3.63, 3.8) is 0 Å². The Morgan fingerprint density at radius 3 is 3.00 bits per heavy atom. The fourth-order valence-corrected chi connectivity index (χ4v) is 3.08. The number of hydrogen-bond donors (Lipinski definition) is 1. The second-order valence-corrected chi connectivity index (χ2v) is 4.94. The minimum absolute atomic E-state index is 0.00625. The van der Waals surface area contributed by atoms with Gasteiger partial charge in [0.2, 0.25) is 5.91 Å². The van der Waals surface area contributed by atoms with Crippen LogP contribution in [-0.2, 0) is 9.59 Å². The normalized spacial score (nSPS) is 24.7. The van der Waals surface area contributed by atoms with Crippen molar-refractivity contribution in [2.75, 3.05) is 11.6 Å². The summed E-state index contributed by atoms with van der Waals surface area (Å²) in [5, 5.41) is 9.13. The van der Waals surface area contributed by atoms with E-state index in [1.165, 1.54) is 4.90 Å². The lowest BCUT2D eigenvalue weighted by Gasteiger charge is -2.43.